The Balaban J connectivity index is 1.62. The Bertz CT molecular complexity index is 735. The Morgan fingerprint density at radius 1 is 1.14 bits per heavy atom. The average Bonchev–Trinajstić information content (AvgIpc) is 3.23. The minimum atomic E-state index is -2.85. The molecule has 0 unspecified atom stereocenters. The van der Waals surface area contributed by atoms with Crippen LogP contribution in [0.1, 0.15) is 31.0 Å². The van der Waals surface area contributed by atoms with E-state index < -0.39 is 8.41 Å². The Morgan fingerprint density at radius 2 is 1.89 bits per heavy atom. The molecule has 1 aromatic carbocycles. The molecule has 1 aliphatic rings. The molecule has 1 aromatic heterocycles. The van der Waals surface area contributed by atoms with E-state index >= 15 is 4.11 Å². The monoisotopic (exact) mass is 405 g/mol. The van der Waals surface area contributed by atoms with Crippen molar-refractivity contribution in [1.29, 1.82) is 0 Å². The fourth-order valence-electron chi connectivity index (χ4n) is 4.54. The van der Waals surface area contributed by atoms with Crippen molar-refractivity contribution in [3.8, 4) is 0 Å². The van der Waals surface area contributed by atoms with Gasteiger partial charge >= 0.3 is 0 Å². The number of halogens is 1. The van der Waals surface area contributed by atoms with E-state index in [1.165, 1.54) is 5.56 Å². The maximum Gasteiger partial charge on any atom is 0.246 e. The third-order valence-electron chi connectivity index (χ3n) is 5.85. The van der Waals surface area contributed by atoms with Gasteiger partial charge in [-0.3, -0.25) is 4.68 Å². The third-order valence-corrected chi connectivity index (χ3v) is 8.34. The number of rotatable bonds is 9. The molecule has 5 nitrogen and oxygen atoms in total. The smallest absolute Gasteiger partial charge is 0.246 e. The van der Waals surface area contributed by atoms with E-state index in [2.05, 4.69) is 41.5 Å². The molecule has 2 aromatic rings. The van der Waals surface area contributed by atoms with Crippen LogP contribution in [-0.2, 0) is 24.1 Å². The highest BCUT2D eigenvalue weighted by Gasteiger charge is 2.50. The molecule has 0 bridgehead atoms. The van der Waals surface area contributed by atoms with Gasteiger partial charge in [-0.05, 0) is 43.8 Å². The molecule has 0 radical (unpaired) electrons. The predicted octanol–water partition coefficient (Wildman–Crippen LogP) is 3.78. The molecule has 154 valence electrons. The summed E-state index contributed by atoms with van der Waals surface area (Å²) in [6, 6.07) is 10.4. The number of aliphatic hydroxyl groups excluding tert-OH is 1. The summed E-state index contributed by atoms with van der Waals surface area (Å²) in [4.78, 5) is 0. The van der Waals surface area contributed by atoms with Crippen LogP contribution in [0.4, 0.5) is 4.11 Å². The van der Waals surface area contributed by atoms with Crippen molar-refractivity contribution in [2.45, 2.75) is 70.0 Å². The van der Waals surface area contributed by atoms with E-state index in [-0.39, 0.29) is 30.3 Å². The van der Waals surface area contributed by atoms with Gasteiger partial charge in [-0.1, -0.05) is 42.5 Å². The van der Waals surface area contributed by atoms with Crippen molar-refractivity contribution < 1.29 is 14.0 Å². The summed E-state index contributed by atoms with van der Waals surface area (Å²) in [6.07, 6.45) is 4.99. The molecule has 0 saturated carbocycles. The predicted molar refractivity (Wildman–Crippen MR) is 110 cm³/mol. The highest BCUT2D eigenvalue weighted by atomic mass is 28.4. The second-order valence-corrected chi connectivity index (χ2v) is 12.2. The highest BCUT2D eigenvalue weighted by molar-refractivity contribution is 6.72. The molecule has 3 rings (SSSR count). The third kappa shape index (κ3) is 5.27. The lowest BCUT2D eigenvalue weighted by molar-refractivity contribution is 0.0247. The molecule has 1 aliphatic heterocycles. The van der Waals surface area contributed by atoms with Crippen molar-refractivity contribution in [3.05, 3.63) is 47.8 Å². The molecule has 0 aliphatic carbocycles. The first kappa shape index (κ1) is 21.1. The van der Waals surface area contributed by atoms with E-state index in [9.17, 15) is 0 Å². The minimum Gasteiger partial charge on any atom is -0.396 e. The summed E-state index contributed by atoms with van der Waals surface area (Å²) >= 11 is 0. The fourth-order valence-corrected chi connectivity index (χ4v) is 7.13. The number of aryl methyl sites for hydroxylation is 2. The Kier molecular flexibility index (Phi) is 7.01. The van der Waals surface area contributed by atoms with Crippen LogP contribution in [0, 0.1) is 5.92 Å². The number of aliphatic hydroxyl groups is 1. The summed E-state index contributed by atoms with van der Waals surface area (Å²) < 4.78 is 23.3. The molecule has 28 heavy (non-hydrogen) atoms. The Hall–Kier alpha value is -1.57. The van der Waals surface area contributed by atoms with Crippen LogP contribution in [0.15, 0.2) is 36.5 Å². The molecule has 1 N–H and O–H groups in total. The first-order chi connectivity index (χ1) is 13.4. The normalized spacial score (nSPS) is 25.3. The van der Waals surface area contributed by atoms with Crippen molar-refractivity contribution in [2.75, 3.05) is 6.61 Å². The van der Waals surface area contributed by atoms with Gasteiger partial charge in [-0.2, -0.15) is 0 Å². The molecule has 7 heteroatoms. The van der Waals surface area contributed by atoms with Crippen molar-refractivity contribution in [2.24, 2.45) is 5.92 Å². The van der Waals surface area contributed by atoms with Gasteiger partial charge < -0.3 is 14.0 Å². The zero-order valence-corrected chi connectivity index (χ0v) is 18.1. The summed E-state index contributed by atoms with van der Waals surface area (Å²) in [7, 11) is -2.85. The second-order valence-electron chi connectivity index (χ2n) is 8.42. The average molecular weight is 406 g/mol. The zero-order chi connectivity index (χ0) is 20.1. The lowest BCUT2D eigenvalue weighted by Gasteiger charge is -2.28. The molecule has 4 atom stereocenters. The van der Waals surface area contributed by atoms with Crippen LogP contribution in [0.2, 0.25) is 18.6 Å². The first-order valence-corrected chi connectivity index (χ1v) is 13.2. The molecule has 2 heterocycles. The van der Waals surface area contributed by atoms with E-state index in [0.29, 0.717) is 13.0 Å². The number of aromatic nitrogens is 3. The first-order valence-electron chi connectivity index (χ1n) is 10.3. The van der Waals surface area contributed by atoms with E-state index in [1.54, 1.807) is 17.8 Å². The van der Waals surface area contributed by atoms with Crippen LogP contribution in [0.5, 0.6) is 0 Å². The van der Waals surface area contributed by atoms with Gasteiger partial charge in [-0.25, -0.2) is 0 Å². The zero-order valence-electron chi connectivity index (χ0n) is 17.1. The molecule has 1 fully saturated rings. The minimum absolute atomic E-state index is 0.00583. The number of hydrogen-bond donors (Lipinski definition) is 1. The molecular weight excluding hydrogens is 373 g/mol. The van der Waals surface area contributed by atoms with Crippen molar-refractivity contribution >= 4 is 8.41 Å². The number of nitrogens with zero attached hydrogens (tertiary/aromatic N) is 3. The molecule has 1 saturated heterocycles. The maximum atomic E-state index is 15.2. The van der Waals surface area contributed by atoms with Crippen LogP contribution in [0.3, 0.4) is 0 Å². The van der Waals surface area contributed by atoms with Crippen LogP contribution in [-0.4, -0.2) is 47.3 Å². The van der Waals surface area contributed by atoms with E-state index in [1.807, 2.05) is 12.3 Å². The van der Waals surface area contributed by atoms with Gasteiger partial charge in [0.2, 0.25) is 8.41 Å². The van der Waals surface area contributed by atoms with Gasteiger partial charge in [-0.15, -0.1) is 5.10 Å². The van der Waals surface area contributed by atoms with Gasteiger partial charge in [0.1, 0.15) is 0 Å². The topological polar surface area (TPSA) is 60.2 Å². The van der Waals surface area contributed by atoms with Crippen LogP contribution in [0.25, 0.3) is 0 Å². The largest absolute Gasteiger partial charge is 0.396 e. The lowest BCUT2D eigenvalue weighted by Crippen LogP contribution is -2.36. The SMILES string of the molecule is C[C@H]1[C@H]([Si](C)(C)F)[C@@H](CCn2cc(CCO)nn2)O[C@H]1CCc1ccccc1. The Labute approximate surface area is 168 Å². The lowest BCUT2D eigenvalue weighted by atomic mass is 9.95. The van der Waals surface area contributed by atoms with E-state index in [4.69, 9.17) is 9.84 Å². The number of hydrogen-bond acceptors (Lipinski definition) is 4. The van der Waals surface area contributed by atoms with Gasteiger partial charge in [0.05, 0.1) is 17.9 Å². The summed E-state index contributed by atoms with van der Waals surface area (Å²) in [6.45, 7) is 6.48. The van der Waals surface area contributed by atoms with Gasteiger partial charge in [0.25, 0.3) is 0 Å². The second kappa shape index (κ2) is 9.28. The van der Waals surface area contributed by atoms with Crippen molar-refractivity contribution in [3.63, 3.8) is 0 Å². The Morgan fingerprint density at radius 3 is 2.57 bits per heavy atom. The summed E-state index contributed by atoms with van der Waals surface area (Å²) in [5.74, 6) is 0.223. The van der Waals surface area contributed by atoms with Gasteiger partial charge in [0.15, 0.2) is 0 Å². The van der Waals surface area contributed by atoms with E-state index in [0.717, 1.165) is 25.0 Å². The summed E-state index contributed by atoms with van der Waals surface area (Å²) in [5, 5.41) is 17.2. The quantitative estimate of drug-likeness (QED) is 0.509. The maximum absolute atomic E-state index is 15.2. The number of ether oxygens (including phenoxy) is 1. The van der Waals surface area contributed by atoms with Crippen LogP contribution >= 0.6 is 0 Å². The standard InChI is InChI=1S/C21H32FN3O2Si/c1-16-19(10-9-17-7-5-4-6-8-17)27-20(21(16)28(2,3)22)11-13-25-15-18(12-14-26)23-24-25/h4-8,15-16,19-21,26H,9-14H2,1-3H3/t16-,19+,20-,21+/m1/s1. The fraction of sp³-hybridized carbons (Fsp3) is 0.619. The summed E-state index contributed by atoms with van der Waals surface area (Å²) in [5.41, 5.74) is 2.07. The molecule has 0 spiro atoms. The van der Waals surface area contributed by atoms with Gasteiger partial charge in [0, 0.05) is 31.3 Å². The molecule has 0 amide bonds. The number of benzene rings is 1. The highest BCUT2D eigenvalue weighted by Crippen LogP contribution is 2.46. The molecular formula is C21H32FN3O2Si. The van der Waals surface area contributed by atoms with Crippen molar-refractivity contribution in [1.82, 2.24) is 15.0 Å². The van der Waals surface area contributed by atoms with Crippen LogP contribution < -0.4 is 0 Å².